The van der Waals surface area contributed by atoms with E-state index in [-0.39, 0.29) is 0 Å². The van der Waals surface area contributed by atoms with E-state index in [1.54, 1.807) is 11.3 Å². The van der Waals surface area contributed by atoms with Crippen LogP contribution in [0.5, 0.6) is 0 Å². The second-order valence-corrected chi connectivity index (χ2v) is 7.41. The van der Waals surface area contributed by atoms with Gasteiger partial charge in [-0.15, -0.1) is 10.2 Å². The van der Waals surface area contributed by atoms with Crippen molar-refractivity contribution in [2.24, 2.45) is 5.92 Å². The second-order valence-electron chi connectivity index (χ2n) is 6.05. The summed E-state index contributed by atoms with van der Waals surface area (Å²) in [5, 5.41) is 11.3. The Morgan fingerprint density at radius 1 is 1.14 bits per heavy atom. The smallest absolute Gasteiger partial charge is 0.208 e. The highest BCUT2D eigenvalue weighted by Crippen LogP contribution is 2.33. The molecular formula is C16H21ClN4S. The molecule has 0 saturated carbocycles. The number of benzene rings is 1. The Morgan fingerprint density at radius 2 is 1.86 bits per heavy atom. The largest absolute Gasteiger partial charge is 0.344 e. The number of halogens is 1. The fourth-order valence-corrected chi connectivity index (χ4v) is 3.94. The molecule has 1 aromatic carbocycles. The van der Waals surface area contributed by atoms with E-state index < -0.39 is 0 Å². The molecule has 0 bridgehead atoms. The Bertz CT molecular complexity index is 620. The van der Waals surface area contributed by atoms with Crippen molar-refractivity contribution in [1.29, 1.82) is 0 Å². The van der Waals surface area contributed by atoms with Gasteiger partial charge in [-0.25, -0.2) is 0 Å². The molecule has 0 N–H and O–H groups in total. The number of aromatic nitrogens is 2. The summed E-state index contributed by atoms with van der Waals surface area (Å²) in [6.07, 6.45) is 0. The quantitative estimate of drug-likeness (QED) is 0.853. The van der Waals surface area contributed by atoms with Gasteiger partial charge >= 0.3 is 0 Å². The molecule has 0 aliphatic carbocycles. The highest BCUT2D eigenvalue weighted by atomic mass is 35.5. The van der Waals surface area contributed by atoms with E-state index in [1.165, 1.54) is 6.54 Å². The summed E-state index contributed by atoms with van der Waals surface area (Å²) >= 11 is 7.86. The van der Waals surface area contributed by atoms with Crippen LogP contribution in [0.15, 0.2) is 24.3 Å². The van der Waals surface area contributed by atoms with Crippen LogP contribution in [0.3, 0.4) is 0 Å². The maximum atomic E-state index is 6.24. The fourth-order valence-electron chi connectivity index (χ4n) is 2.72. The molecule has 0 spiro atoms. The van der Waals surface area contributed by atoms with Gasteiger partial charge in [0.1, 0.15) is 0 Å². The highest BCUT2D eigenvalue weighted by molar-refractivity contribution is 7.18. The first kappa shape index (κ1) is 15.7. The minimum atomic E-state index is 0.722. The molecule has 0 unspecified atom stereocenters. The van der Waals surface area contributed by atoms with E-state index in [0.29, 0.717) is 0 Å². The van der Waals surface area contributed by atoms with Crippen LogP contribution >= 0.6 is 22.9 Å². The summed E-state index contributed by atoms with van der Waals surface area (Å²) in [5.41, 5.74) is 0.964. The van der Waals surface area contributed by atoms with E-state index in [2.05, 4.69) is 33.8 Å². The molecular weight excluding hydrogens is 316 g/mol. The second kappa shape index (κ2) is 6.94. The molecule has 118 valence electrons. The van der Waals surface area contributed by atoms with Crippen molar-refractivity contribution in [1.82, 2.24) is 15.1 Å². The third-order valence-electron chi connectivity index (χ3n) is 3.78. The van der Waals surface area contributed by atoms with Crippen molar-refractivity contribution in [2.75, 3.05) is 37.6 Å². The van der Waals surface area contributed by atoms with Crippen molar-refractivity contribution in [2.45, 2.75) is 13.8 Å². The molecule has 1 aliphatic heterocycles. The first-order valence-corrected chi connectivity index (χ1v) is 8.88. The molecule has 3 rings (SSSR count). The highest BCUT2D eigenvalue weighted by Gasteiger charge is 2.21. The number of anilines is 1. The first-order valence-electron chi connectivity index (χ1n) is 7.69. The molecule has 1 aliphatic rings. The molecule has 1 saturated heterocycles. The Morgan fingerprint density at radius 3 is 2.55 bits per heavy atom. The zero-order valence-electron chi connectivity index (χ0n) is 13.0. The van der Waals surface area contributed by atoms with Crippen LogP contribution in [0.4, 0.5) is 5.13 Å². The molecule has 0 radical (unpaired) electrons. The summed E-state index contributed by atoms with van der Waals surface area (Å²) < 4.78 is 0. The van der Waals surface area contributed by atoms with Gasteiger partial charge in [-0.1, -0.05) is 55.0 Å². The number of hydrogen-bond donors (Lipinski definition) is 0. The van der Waals surface area contributed by atoms with Gasteiger partial charge in [-0.3, -0.25) is 4.90 Å². The summed E-state index contributed by atoms with van der Waals surface area (Å²) in [6.45, 7) is 9.95. The predicted octanol–water partition coefficient (Wildman–Crippen LogP) is 3.64. The maximum absolute atomic E-state index is 6.24. The molecule has 2 aromatic rings. The average Bonchev–Trinajstić information content (AvgIpc) is 2.97. The topological polar surface area (TPSA) is 32.3 Å². The number of piperazine rings is 1. The third kappa shape index (κ3) is 3.59. The van der Waals surface area contributed by atoms with E-state index in [0.717, 1.165) is 52.8 Å². The lowest BCUT2D eigenvalue weighted by Crippen LogP contribution is -2.47. The number of rotatable bonds is 4. The minimum absolute atomic E-state index is 0.722. The lowest BCUT2D eigenvalue weighted by atomic mass is 10.2. The molecule has 4 nitrogen and oxygen atoms in total. The van der Waals surface area contributed by atoms with Gasteiger partial charge in [-0.05, 0) is 12.0 Å². The number of hydrogen-bond acceptors (Lipinski definition) is 5. The van der Waals surface area contributed by atoms with Crippen LogP contribution in [0.25, 0.3) is 10.6 Å². The van der Waals surface area contributed by atoms with E-state index in [1.807, 2.05) is 24.3 Å². The van der Waals surface area contributed by atoms with Gasteiger partial charge in [0.15, 0.2) is 5.01 Å². The minimum Gasteiger partial charge on any atom is -0.344 e. The van der Waals surface area contributed by atoms with Crippen LogP contribution in [-0.4, -0.2) is 47.8 Å². The zero-order chi connectivity index (χ0) is 15.5. The predicted molar refractivity (Wildman–Crippen MR) is 93.8 cm³/mol. The molecule has 1 aromatic heterocycles. The fraction of sp³-hybridized carbons (Fsp3) is 0.500. The summed E-state index contributed by atoms with van der Waals surface area (Å²) in [7, 11) is 0. The lowest BCUT2D eigenvalue weighted by Gasteiger charge is -2.35. The average molecular weight is 337 g/mol. The summed E-state index contributed by atoms with van der Waals surface area (Å²) in [4.78, 5) is 4.85. The maximum Gasteiger partial charge on any atom is 0.208 e. The van der Waals surface area contributed by atoms with Gasteiger partial charge in [-0.2, -0.15) is 0 Å². The molecule has 22 heavy (non-hydrogen) atoms. The van der Waals surface area contributed by atoms with Crippen molar-refractivity contribution >= 4 is 28.1 Å². The molecule has 0 amide bonds. The van der Waals surface area contributed by atoms with Crippen LogP contribution in [0.2, 0.25) is 5.02 Å². The summed E-state index contributed by atoms with van der Waals surface area (Å²) in [5.74, 6) is 0.722. The van der Waals surface area contributed by atoms with Gasteiger partial charge < -0.3 is 4.90 Å². The first-order chi connectivity index (χ1) is 10.6. The zero-order valence-corrected chi connectivity index (χ0v) is 14.6. The van der Waals surface area contributed by atoms with Crippen molar-refractivity contribution in [3.8, 4) is 10.6 Å². The molecule has 1 fully saturated rings. The van der Waals surface area contributed by atoms with Crippen molar-refractivity contribution < 1.29 is 0 Å². The van der Waals surface area contributed by atoms with Gasteiger partial charge in [0.2, 0.25) is 5.13 Å². The van der Waals surface area contributed by atoms with Crippen LogP contribution in [-0.2, 0) is 0 Å². The van der Waals surface area contributed by atoms with Crippen LogP contribution in [0.1, 0.15) is 13.8 Å². The molecule has 2 heterocycles. The van der Waals surface area contributed by atoms with Crippen molar-refractivity contribution in [3.63, 3.8) is 0 Å². The lowest BCUT2D eigenvalue weighted by molar-refractivity contribution is 0.231. The standard InChI is InChI=1S/C16H21ClN4S/c1-12(2)11-20-7-9-21(10-8-20)16-19-18-15(22-16)13-5-3-4-6-14(13)17/h3-6,12H,7-11H2,1-2H3. The number of nitrogens with zero attached hydrogens (tertiary/aromatic N) is 4. The van der Waals surface area contributed by atoms with Crippen molar-refractivity contribution in [3.05, 3.63) is 29.3 Å². The normalized spacial score (nSPS) is 16.5. The van der Waals surface area contributed by atoms with Gasteiger partial charge in [0.05, 0.1) is 5.02 Å². The Labute approximate surface area is 140 Å². The van der Waals surface area contributed by atoms with Gasteiger partial charge in [0.25, 0.3) is 0 Å². The molecule has 0 atom stereocenters. The van der Waals surface area contributed by atoms with Gasteiger partial charge in [0, 0.05) is 38.3 Å². The summed E-state index contributed by atoms with van der Waals surface area (Å²) in [6, 6.07) is 7.80. The Balaban J connectivity index is 1.67. The Kier molecular flexibility index (Phi) is 4.96. The monoisotopic (exact) mass is 336 g/mol. The van der Waals surface area contributed by atoms with Crippen LogP contribution < -0.4 is 4.90 Å². The SMILES string of the molecule is CC(C)CN1CCN(c2nnc(-c3ccccc3Cl)s2)CC1. The Hall–Kier alpha value is -1.17. The van der Waals surface area contributed by atoms with Crippen LogP contribution in [0, 0.1) is 5.92 Å². The van der Waals surface area contributed by atoms with E-state index in [9.17, 15) is 0 Å². The van der Waals surface area contributed by atoms with E-state index >= 15 is 0 Å². The third-order valence-corrected chi connectivity index (χ3v) is 5.13. The molecule has 6 heteroatoms. The van der Waals surface area contributed by atoms with E-state index in [4.69, 9.17) is 11.6 Å².